The zero-order valence-corrected chi connectivity index (χ0v) is 18.2. The minimum atomic E-state index is -0.352. The molecule has 1 aliphatic rings. The van der Waals surface area contributed by atoms with Gasteiger partial charge in [-0.25, -0.2) is 4.90 Å². The Balaban J connectivity index is 1.41. The molecular formula is C26H24N2O4. The fourth-order valence-electron chi connectivity index (χ4n) is 3.70. The zero-order valence-electron chi connectivity index (χ0n) is 18.2. The van der Waals surface area contributed by atoms with Crippen LogP contribution in [0.4, 0.5) is 11.4 Å². The second-order valence-electron chi connectivity index (χ2n) is 8.07. The highest BCUT2D eigenvalue weighted by molar-refractivity contribution is 6.34. The second kappa shape index (κ2) is 8.67. The maximum absolute atomic E-state index is 12.6. The summed E-state index contributed by atoms with van der Waals surface area (Å²) >= 11 is 0. The van der Waals surface area contributed by atoms with Gasteiger partial charge in [-0.2, -0.15) is 0 Å². The lowest BCUT2D eigenvalue weighted by Gasteiger charge is -2.16. The van der Waals surface area contributed by atoms with Crippen molar-refractivity contribution in [2.75, 3.05) is 16.8 Å². The third kappa shape index (κ3) is 4.12. The standard InChI is InChI=1S/C26H24N2O4/c1-16(2)20-13-8-17(3)14-23(20)32-15-24(29)27-18-9-11-19(12-10-18)28-25(30)21-6-4-5-7-22(21)26(28)31/h4-14,16H,15H2,1-3H3,(H,27,29). The van der Waals surface area contributed by atoms with Crippen LogP contribution in [0.2, 0.25) is 0 Å². The summed E-state index contributed by atoms with van der Waals surface area (Å²) in [6, 6.07) is 19.3. The summed E-state index contributed by atoms with van der Waals surface area (Å²) < 4.78 is 5.77. The molecule has 0 aromatic heterocycles. The van der Waals surface area contributed by atoms with Gasteiger partial charge in [0.1, 0.15) is 5.75 Å². The average molecular weight is 428 g/mol. The van der Waals surface area contributed by atoms with Gasteiger partial charge in [-0.15, -0.1) is 0 Å². The molecule has 6 nitrogen and oxygen atoms in total. The number of hydrogen-bond acceptors (Lipinski definition) is 4. The second-order valence-corrected chi connectivity index (χ2v) is 8.07. The van der Waals surface area contributed by atoms with E-state index in [1.54, 1.807) is 48.5 Å². The number of amides is 3. The van der Waals surface area contributed by atoms with Crippen molar-refractivity contribution in [3.05, 3.63) is 89.0 Å². The van der Waals surface area contributed by atoms with Crippen LogP contribution in [-0.2, 0) is 4.79 Å². The minimum absolute atomic E-state index is 0.122. The van der Waals surface area contributed by atoms with Gasteiger partial charge in [0.15, 0.2) is 6.61 Å². The summed E-state index contributed by atoms with van der Waals surface area (Å²) in [5.41, 5.74) is 3.90. The Bertz CT molecular complexity index is 1160. The molecule has 3 aromatic carbocycles. The van der Waals surface area contributed by atoms with Crippen molar-refractivity contribution in [3.63, 3.8) is 0 Å². The van der Waals surface area contributed by atoms with Gasteiger partial charge >= 0.3 is 0 Å². The van der Waals surface area contributed by atoms with Gasteiger partial charge in [0, 0.05) is 5.69 Å². The number of anilines is 2. The van der Waals surface area contributed by atoms with Crippen LogP contribution in [0, 0.1) is 6.92 Å². The van der Waals surface area contributed by atoms with Crippen LogP contribution in [0.3, 0.4) is 0 Å². The number of benzene rings is 3. The first-order chi connectivity index (χ1) is 15.3. The van der Waals surface area contributed by atoms with Crippen LogP contribution in [0.5, 0.6) is 5.75 Å². The molecule has 162 valence electrons. The minimum Gasteiger partial charge on any atom is -0.483 e. The van der Waals surface area contributed by atoms with Crippen LogP contribution in [0.15, 0.2) is 66.7 Å². The molecule has 0 saturated carbocycles. The van der Waals surface area contributed by atoms with Crippen molar-refractivity contribution >= 4 is 29.1 Å². The lowest BCUT2D eigenvalue weighted by molar-refractivity contribution is -0.118. The zero-order chi connectivity index (χ0) is 22.8. The highest BCUT2D eigenvalue weighted by Gasteiger charge is 2.36. The number of ether oxygens (including phenoxy) is 1. The van der Waals surface area contributed by atoms with E-state index in [0.29, 0.717) is 28.3 Å². The Labute approximate surface area is 186 Å². The molecule has 32 heavy (non-hydrogen) atoms. The van der Waals surface area contributed by atoms with Gasteiger partial charge < -0.3 is 10.1 Å². The molecule has 0 unspecified atom stereocenters. The first kappa shape index (κ1) is 21.3. The monoisotopic (exact) mass is 428 g/mol. The van der Waals surface area contributed by atoms with E-state index in [4.69, 9.17) is 4.74 Å². The predicted octanol–water partition coefficient (Wildman–Crippen LogP) is 4.94. The van der Waals surface area contributed by atoms with E-state index >= 15 is 0 Å². The summed E-state index contributed by atoms with van der Waals surface area (Å²) in [6.45, 7) is 6.01. The summed E-state index contributed by atoms with van der Waals surface area (Å²) in [5.74, 6) is -0.0149. The smallest absolute Gasteiger partial charge is 0.266 e. The number of imide groups is 1. The topological polar surface area (TPSA) is 75.7 Å². The normalized spacial score (nSPS) is 12.8. The summed E-state index contributed by atoms with van der Waals surface area (Å²) in [4.78, 5) is 38.8. The third-order valence-corrected chi connectivity index (χ3v) is 5.35. The first-order valence-electron chi connectivity index (χ1n) is 10.5. The first-order valence-corrected chi connectivity index (χ1v) is 10.5. The highest BCUT2D eigenvalue weighted by Crippen LogP contribution is 2.29. The summed E-state index contributed by atoms with van der Waals surface area (Å²) in [7, 11) is 0. The molecule has 1 N–H and O–H groups in total. The van der Waals surface area contributed by atoms with Gasteiger partial charge in [-0.1, -0.05) is 38.1 Å². The van der Waals surface area contributed by atoms with E-state index in [1.807, 2.05) is 25.1 Å². The van der Waals surface area contributed by atoms with Crippen LogP contribution in [0.25, 0.3) is 0 Å². The van der Waals surface area contributed by atoms with E-state index in [2.05, 4.69) is 19.2 Å². The number of nitrogens with zero attached hydrogens (tertiary/aromatic N) is 1. The molecule has 1 aliphatic heterocycles. The largest absolute Gasteiger partial charge is 0.483 e. The van der Waals surface area contributed by atoms with Crippen molar-refractivity contribution in [2.45, 2.75) is 26.7 Å². The molecule has 6 heteroatoms. The van der Waals surface area contributed by atoms with E-state index in [0.717, 1.165) is 16.0 Å². The number of nitrogens with one attached hydrogen (secondary N) is 1. The van der Waals surface area contributed by atoms with Gasteiger partial charge in [0.05, 0.1) is 16.8 Å². The van der Waals surface area contributed by atoms with E-state index < -0.39 is 0 Å². The van der Waals surface area contributed by atoms with Crippen molar-refractivity contribution in [2.24, 2.45) is 0 Å². The molecule has 3 amide bonds. The molecule has 0 saturated heterocycles. The molecule has 0 radical (unpaired) electrons. The number of fused-ring (bicyclic) bond motifs is 1. The van der Waals surface area contributed by atoms with Crippen LogP contribution < -0.4 is 15.0 Å². The van der Waals surface area contributed by atoms with Crippen molar-refractivity contribution in [1.29, 1.82) is 0 Å². The Hall–Kier alpha value is -3.93. The Morgan fingerprint density at radius 2 is 1.56 bits per heavy atom. The van der Waals surface area contributed by atoms with Crippen LogP contribution >= 0.6 is 0 Å². The lowest BCUT2D eigenvalue weighted by Crippen LogP contribution is -2.29. The molecule has 0 bridgehead atoms. The number of carbonyl (C=O) groups is 3. The maximum atomic E-state index is 12.6. The number of hydrogen-bond donors (Lipinski definition) is 1. The van der Waals surface area contributed by atoms with E-state index in [1.165, 1.54) is 0 Å². The molecule has 0 atom stereocenters. The average Bonchev–Trinajstić information content (AvgIpc) is 3.03. The van der Waals surface area contributed by atoms with Gasteiger partial charge in [0.2, 0.25) is 0 Å². The Morgan fingerprint density at radius 1 is 0.938 bits per heavy atom. The summed E-state index contributed by atoms with van der Waals surface area (Å²) in [5, 5.41) is 2.78. The van der Waals surface area contributed by atoms with Gasteiger partial charge in [-0.3, -0.25) is 14.4 Å². The molecular weight excluding hydrogens is 404 g/mol. The van der Waals surface area contributed by atoms with Gasteiger partial charge in [-0.05, 0) is 66.4 Å². The Kier molecular flexibility index (Phi) is 5.77. The number of rotatable bonds is 6. The fraction of sp³-hybridized carbons (Fsp3) is 0.192. The predicted molar refractivity (Wildman–Crippen MR) is 123 cm³/mol. The molecule has 3 aromatic rings. The van der Waals surface area contributed by atoms with Crippen molar-refractivity contribution in [3.8, 4) is 5.75 Å². The number of aryl methyl sites for hydroxylation is 1. The van der Waals surface area contributed by atoms with Gasteiger partial charge in [0.25, 0.3) is 17.7 Å². The fourth-order valence-corrected chi connectivity index (χ4v) is 3.70. The van der Waals surface area contributed by atoms with E-state index in [9.17, 15) is 14.4 Å². The molecule has 0 spiro atoms. The van der Waals surface area contributed by atoms with Crippen LogP contribution in [0.1, 0.15) is 51.6 Å². The lowest BCUT2D eigenvalue weighted by atomic mass is 10.0. The third-order valence-electron chi connectivity index (χ3n) is 5.35. The summed E-state index contributed by atoms with van der Waals surface area (Å²) in [6.07, 6.45) is 0. The molecule has 1 heterocycles. The molecule has 0 aliphatic carbocycles. The molecule has 4 rings (SSSR count). The quantitative estimate of drug-likeness (QED) is 0.565. The Morgan fingerprint density at radius 3 is 2.16 bits per heavy atom. The van der Waals surface area contributed by atoms with E-state index in [-0.39, 0.29) is 30.2 Å². The SMILES string of the molecule is Cc1ccc(C(C)C)c(OCC(=O)Nc2ccc(N3C(=O)c4ccccc4C3=O)cc2)c1. The number of carbonyl (C=O) groups excluding carboxylic acids is 3. The van der Waals surface area contributed by atoms with Crippen molar-refractivity contribution in [1.82, 2.24) is 0 Å². The molecule has 0 fully saturated rings. The highest BCUT2D eigenvalue weighted by atomic mass is 16.5. The van der Waals surface area contributed by atoms with Crippen LogP contribution in [-0.4, -0.2) is 24.3 Å². The van der Waals surface area contributed by atoms with Crippen molar-refractivity contribution < 1.29 is 19.1 Å². The maximum Gasteiger partial charge on any atom is 0.266 e.